The minimum absolute atomic E-state index is 0.913. The molecule has 2 aromatic rings. The van der Waals surface area contributed by atoms with E-state index in [0.717, 1.165) is 22.6 Å². The summed E-state index contributed by atoms with van der Waals surface area (Å²) < 4.78 is 0. The first kappa shape index (κ1) is 10.5. The third kappa shape index (κ3) is 2.97. The van der Waals surface area contributed by atoms with Gasteiger partial charge in [0.1, 0.15) is 0 Å². The van der Waals surface area contributed by atoms with Gasteiger partial charge in [0.15, 0.2) is 10.3 Å². The fraction of sp³-hybridized carbons (Fsp3) is 0.333. The second-order valence-electron chi connectivity index (χ2n) is 2.85. The molecule has 0 saturated carbocycles. The van der Waals surface area contributed by atoms with E-state index in [1.807, 2.05) is 12.4 Å². The molecule has 0 unspecified atom stereocenters. The molecule has 15 heavy (non-hydrogen) atoms. The molecule has 2 N–H and O–H groups in total. The Morgan fingerprint density at radius 3 is 3.20 bits per heavy atom. The van der Waals surface area contributed by atoms with Crippen LogP contribution in [0.3, 0.4) is 0 Å². The highest BCUT2D eigenvalue weighted by atomic mass is 32.2. The number of hydrogen-bond donors (Lipinski definition) is 2. The molecular formula is C9H12N4S2. The van der Waals surface area contributed by atoms with Gasteiger partial charge < -0.3 is 10.3 Å². The molecule has 0 fully saturated rings. The van der Waals surface area contributed by atoms with Crippen molar-refractivity contribution in [3.05, 3.63) is 23.5 Å². The van der Waals surface area contributed by atoms with Crippen LogP contribution in [0.15, 0.2) is 23.7 Å². The van der Waals surface area contributed by atoms with Gasteiger partial charge in [0.25, 0.3) is 0 Å². The molecule has 6 heteroatoms. The minimum atomic E-state index is 0.913. The Kier molecular flexibility index (Phi) is 3.63. The molecule has 0 saturated heterocycles. The number of nitrogens with one attached hydrogen (secondary N) is 2. The van der Waals surface area contributed by atoms with Crippen molar-refractivity contribution >= 4 is 28.2 Å². The molecule has 2 heterocycles. The molecule has 4 nitrogen and oxygen atoms in total. The Balaban J connectivity index is 1.88. The van der Waals surface area contributed by atoms with Gasteiger partial charge in [-0.1, -0.05) is 11.8 Å². The van der Waals surface area contributed by atoms with E-state index in [4.69, 9.17) is 0 Å². The fourth-order valence-electron chi connectivity index (χ4n) is 1.08. The summed E-state index contributed by atoms with van der Waals surface area (Å²) in [5, 5.41) is 5.14. The SMILES string of the molecule is CCNc1ncc(CSc2ncc[nH]2)s1. The molecule has 2 aromatic heterocycles. The number of aromatic nitrogens is 3. The first-order chi connectivity index (χ1) is 7.38. The Bertz CT molecular complexity index is 396. The van der Waals surface area contributed by atoms with Crippen molar-refractivity contribution in [2.75, 3.05) is 11.9 Å². The molecule has 0 aliphatic heterocycles. The molecule has 0 spiro atoms. The number of anilines is 1. The van der Waals surface area contributed by atoms with Crippen molar-refractivity contribution < 1.29 is 0 Å². The van der Waals surface area contributed by atoms with Gasteiger partial charge >= 0.3 is 0 Å². The maximum atomic E-state index is 4.27. The number of nitrogens with zero attached hydrogens (tertiary/aromatic N) is 2. The number of thiazole rings is 1. The highest BCUT2D eigenvalue weighted by molar-refractivity contribution is 7.98. The van der Waals surface area contributed by atoms with Gasteiger partial charge in [0, 0.05) is 35.8 Å². The predicted molar refractivity (Wildman–Crippen MR) is 64.4 cm³/mol. The highest BCUT2D eigenvalue weighted by Gasteiger charge is 2.02. The van der Waals surface area contributed by atoms with Crippen LogP contribution in [0.5, 0.6) is 0 Å². The van der Waals surface area contributed by atoms with Gasteiger partial charge in [-0.2, -0.15) is 0 Å². The Hall–Kier alpha value is -1.01. The number of H-pyrrole nitrogens is 1. The van der Waals surface area contributed by atoms with Crippen LogP contribution in [0.1, 0.15) is 11.8 Å². The van der Waals surface area contributed by atoms with Crippen molar-refractivity contribution in [1.29, 1.82) is 0 Å². The van der Waals surface area contributed by atoms with Crippen LogP contribution in [0, 0.1) is 0 Å². The topological polar surface area (TPSA) is 53.6 Å². The van der Waals surface area contributed by atoms with Crippen molar-refractivity contribution in [3.63, 3.8) is 0 Å². The van der Waals surface area contributed by atoms with E-state index < -0.39 is 0 Å². The Morgan fingerprint density at radius 1 is 1.53 bits per heavy atom. The van der Waals surface area contributed by atoms with E-state index in [1.54, 1.807) is 29.3 Å². The number of hydrogen-bond acceptors (Lipinski definition) is 5. The van der Waals surface area contributed by atoms with E-state index in [1.165, 1.54) is 4.88 Å². The average molecular weight is 240 g/mol. The standard InChI is InChI=1S/C9H12N4S2/c1-2-10-9-13-5-7(15-9)6-14-8-11-3-4-12-8/h3-5H,2,6H2,1H3,(H,10,13)(H,11,12). The highest BCUT2D eigenvalue weighted by Crippen LogP contribution is 2.25. The lowest BCUT2D eigenvalue weighted by atomic mass is 10.6. The first-order valence-corrected chi connectivity index (χ1v) is 6.49. The molecule has 0 aliphatic carbocycles. The number of thioether (sulfide) groups is 1. The van der Waals surface area contributed by atoms with E-state index in [-0.39, 0.29) is 0 Å². The molecule has 0 amide bonds. The number of rotatable bonds is 5. The van der Waals surface area contributed by atoms with Gasteiger partial charge in [-0.3, -0.25) is 0 Å². The third-order valence-corrected chi connectivity index (χ3v) is 3.80. The summed E-state index contributed by atoms with van der Waals surface area (Å²) in [6.07, 6.45) is 5.51. The maximum Gasteiger partial charge on any atom is 0.182 e. The minimum Gasteiger partial charge on any atom is -0.362 e. The largest absolute Gasteiger partial charge is 0.362 e. The molecule has 0 aliphatic rings. The van der Waals surface area contributed by atoms with Crippen LogP contribution < -0.4 is 5.32 Å². The van der Waals surface area contributed by atoms with Crippen LogP contribution in [0.4, 0.5) is 5.13 Å². The number of aromatic amines is 1. The van der Waals surface area contributed by atoms with Crippen LogP contribution in [0.2, 0.25) is 0 Å². The summed E-state index contributed by atoms with van der Waals surface area (Å²) in [5.41, 5.74) is 0. The zero-order chi connectivity index (χ0) is 10.5. The van der Waals surface area contributed by atoms with E-state index in [0.29, 0.717) is 0 Å². The fourth-order valence-corrected chi connectivity index (χ4v) is 2.80. The van der Waals surface area contributed by atoms with Crippen LogP contribution >= 0.6 is 23.1 Å². The molecule has 0 radical (unpaired) electrons. The zero-order valence-corrected chi connectivity index (χ0v) is 9.99. The smallest absolute Gasteiger partial charge is 0.182 e. The maximum absolute atomic E-state index is 4.27. The quantitative estimate of drug-likeness (QED) is 0.789. The molecular weight excluding hydrogens is 228 g/mol. The van der Waals surface area contributed by atoms with Gasteiger partial charge in [-0.05, 0) is 6.92 Å². The van der Waals surface area contributed by atoms with Gasteiger partial charge in [-0.25, -0.2) is 9.97 Å². The first-order valence-electron chi connectivity index (χ1n) is 4.69. The van der Waals surface area contributed by atoms with E-state index in [2.05, 4.69) is 27.2 Å². The van der Waals surface area contributed by atoms with Crippen molar-refractivity contribution in [2.45, 2.75) is 17.8 Å². The second kappa shape index (κ2) is 5.18. The van der Waals surface area contributed by atoms with Gasteiger partial charge in [0.2, 0.25) is 0 Å². The zero-order valence-electron chi connectivity index (χ0n) is 8.36. The second-order valence-corrected chi connectivity index (χ2v) is 4.92. The summed E-state index contributed by atoms with van der Waals surface area (Å²) in [4.78, 5) is 12.7. The van der Waals surface area contributed by atoms with Crippen molar-refractivity contribution in [1.82, 2.24) is 15.0 Å². The van der Waals surface area contributed by atoms with Crippen LogP contribution in [-0.4, -0.2) is 21.5 Å². The molecule has 0 aromatic carbocycles. The monoisotopic (exact) mass is 240 g/mol. The van der Waals surface area contributed by atoms with Crippen molar-refractivity contribution in [2.24, 2.45) is 0 Å². The van der Waals surface area contributed by atoms with Gasteiger partial charge in [0.05, 0.1) is 0 Å². The number of imidazole rings is 1. The Labute approximate surface area is 96.5 Å². The van der Waals surface area contributed by atoms with Crippen molar-refractivity contribution in [3.8, 4) is 0 Å². The summed E-state index contributed by atoms with van der Waals surface area (Å²) in [5.74, 6) is 0.913. The van der Waals surface area contributed by atoms with E-state index >= 15 is 0 Å². The molecule has 0 bridgehead atoms. The summed E-state index contributed by atoms with van der Waals surface area (Å²) >= 11 is 3.38. The summed E-state index contributed by atoms with van der Waals surface area (Å²) in [6.45, 7) is 2.98. The summed E-state index contributed by atoms with van der Waals surface area (Å²) in [7, 11) is 0. The molecule has 0 atom stereocenters. The van der Waals surface area contributed by atoms with E-state index in [9.17, 15) is 0 Å². The Morgan fingerprint density at radius 2 is 2.47 bits per heavy atom. The average Bonchev–Trinajstić information content (AvgIpc) is 2.85. The van der Waals surface area contributed by atoms with Crippen LogP contribution in [-0.2, 0) is 5.75 Å². The lowest BCUT2D eigenvalue weighted by molar-refractivity contribution is 1.06. The normalized spacial score (nSPS) is 10.5. The lowest BCUT2D eigenvalue weighted by Gasteiger charge is -1.94. The molecule has 2 rings (SSSR count). The van der Waals surface area contributed by atoms with Crippen LogP contribution in [0.25, 0.3) is 0 Å². The predicted octanol–water partition coefficient (Wildman–Crippen LogP) is 2.59. The van der Waals surface area contributed by atoms with Gasteiger partial charge in [-0.15, -0.1) is 11.3 Å². The third-order valence-electron chi connectivity index (χ3n) is 1.71. The lowest BCUT2D eigenvalue weighted by Crippen LogP contribution is -1.94. The molecule has 80 valence electrons. The summed E-state index contributed by atoms with van der Waals surface area (Å²) in [6, 6.07) is 0.